The SMILES string of the molecule is CC(C)(C)OC(=O)NC(/C=C\[NH3+])=C/[C@H]1C=C1N. The van der Waals surface area contributed by atoms with Gasteiger partial charge >= 0.3 is 6.09 Å². The van der Waals surface area contributed by atoms with E-state index in [1.54, 1.807) is 12.3 Å². The van der Waals surface area contributed by atoms with Crippen LogP contribution < -0.4 is 16.8 Å². The molecule has 1 aliphatic carbocycles. The molecule has 1 atom stereocenters. The molecule has 0 bridgehead atoms. The van der Waals surface area contributed by atoms with Gasteiger partial charge in [0.25, 0.3) is 0 Å². The normalized spacial score (nSPS) is 20.1. The van der Waals surface area contributed by atoms with Crippen LogP contribution in [-0.2, 0) is 4.74 Å². The van der Waals surface area contributed by atoms with Gasteiger partial charge in [-0.25, -0.2) is 4.79 Å². The lowest BCUT2D eigenvalue weighted by atomic mass is 10.2. The van der Waals surface area contributed by atoms with E-state index in [0.29, 0.717) is 5.70 Å². The number of hydrogen-bond acceptors (Lipinski definition) is 3. The molecule has 0 radical (unpaired) electrons. The van der Waals surface area contributed by atoms with Gasteiger partial charge < -0.3 is 16.2 Å². The molecule has 17 heavy (non-hydrogen) atoms. The number of nitrogens with one attached hydrogen (secondary N) is 1. The van der Waals surface area contributed by atoms with Crippen LogP contribution in [0.3, 0.4) is 0 Å². The number of carbonyl (C=O) groups excluding carboxylic acids is 1. The number of nitrogens with two attached hydrogens (primary N) is 1. The van der Waals surface area contributed by atoms with Crippen LogP contribution in [0.25, 0.3) is 0 Å². The Labute approximate surface area is 101 Å². The zero-order valence-corrected chi connectivity index (χ0v) is 10.5. The molecule has 0 saturated heterocycles. The zero-order chi connectivity index (χ0) is 13.1. The Morgan fingerprint density at radius 3 is 2.59 bits per heavy atom. The molecule has 1 aliphatic rings. The molecule has 0 heterocycles. The molecule has 5 nitrogen and oxygen atoms in total. The Morgan fingerprint density at radius 1 is 1.59 bits per heavy atom. The highest BCUT2D eigenvalue weighted by atomic mass is 16.6. The molecule has 1 rings (SSSR count). The second-order valence-corrected chi connectivity index (χ2v) is 4.84. The minimum absolute atomic E-state index is 0.135. The largest absolute Gasteiger partial charge is 0.444 e. The van der Waals surface area contributed by atoms with Gasteiger partial charge in [-0.3, -0.25) is 5.32 Å². The number of ether oxygens (including phenoxy) is 1. The molecule has 0 spiro atoms. The fourth-order valence-corrected chi connectivity index (χ4v) is 1.18. The number of rotatable bonds is 3. The first-order valence-electron chi connectivity index (χ1n) is 5.46. The van der Waals surface area contributed by atoms with E-state index < -0.39 is 11.7 Å². The Kier molecular flexibility index (Phi) is 3.96. The van der Waals surface area contributed by atoms with Gasteiger partial charge in [0.15, 0.2) is 0 Å². The third kappa shape index (κ3) is 5.21. The highest BCUT2D eigenvalue weighted by Crippen LogP contribution is 2.25. The lowest BCUT2D eigenvalue weighted by molar-refractivity contribution is -0.274. The first kappa shape index (κ1) is 13.3. The van der Waals surface area contributed by atoms with Gasteiger partial charge in [-0.05, 0) is 26.8 Å². The van der Waals surface area contributed by atoms with Crippen LogP contribution in [0.1, 0.15) is 20.8 Å². The van der Waals surface area contributed by atoms with E-state index in [-0.39, 0.29) is 5.92 Å². The van der Waals surface area contributed by atoms with Crippen LogP contribution in [0.2, 0.25) is 0 Å². The van der Waals surface area contributed by atoms with Gasteiger partial charge in [-0.15, -0.1) is 0 Å². The van der Waals surface area contributed by atoms with Gasteiger partial charge in [0, 0.05) is 23.4 Å². The summed E-state index contributed by atoms with van der Waals surface area (Å²) in [7, 11) is 0. The predicted molar refractivity (Wildman–Crippen MR) is 65.2 cm³/mol. The summed E-state index contributed by atoms with van der Waals surface area (Å²) in [5, 5.41) is 2.65. The molecule has 0 aliphatic heterocycles. The monoisotopic (exact) mass is 238 g/mol. The van der Waals surface area contributed by atoms with Crippen molar-refractivity contribution in [3.8, 4) is 0 Å². The first-order valence-corrected chi connectivity index (χ1v) is 5.46. The third-order valence-corrected chi connectivity index (χ3v) is 1.95. The van der Waals surface area contributed by atoms with E-state index in [9.17, 15) is 4.79 Å². The number of quaternary nitrogens is 1. The van der Waals surface area contributed by atoms with Crippen molar-refractivity contribution in [2.24, 2.45) is 11.7 Å². The van der Waals surface area contributed by atoms with Crippen molar-refractivity contribution < 1.29 is 15.3 Å². The first-order chi connectivity index (χ1) is 7.81. The Bertz CT molecular complexity index is 389. The molecule has 94 valence electrons. The maximum absolute atomic E-state index is 11.6. The van der Waals surface area contributed by atoms with Crippen molar-refractivity contribution >= 4 is 6.09 Å². The van der Waals surface area contributed by atoms with Crippen molar-refractivity contribution in [2.45, 2.75) is 26.4 Å². The number of amides is 1. The lowest BCUT2D eigenvalue weighted by Gasteiger charge is -2.19. The summed E-state index contributed by atoms with van der Waals surface area (Å²) < 4.78 is 5.15. The molecule has 0 fully saturated rings. The van der Waals surface area contributed by atoms with Crippen molar-refractivity contribution in [1.82, 2.24) is 5.32 Å². The Balaban J connectivity index is 2.56. The molecule has 0 aromatic heterocycles. The van der Waals surface area contributed by atoms with Crippen LogP contribution in [0.5, 0.6) is 0 Å². The van der Waals surface area contributed by atoms with Crippen LogP contribution in [0, 0.1) is 5.92 Å². The average molecular weight is 238 g/mol. The van der Waals surface area contributed by atoms with Crippen molar-refractivity contribution in [2.75, 3.05) is 0 Å². The van der Waals surface area contributed by atoms with Crippen molar-refractivity contribution in [3.63, 3.8) is 0 Å². The maximum Gasteiger partial charge on any atom is 0.412 e. The fraction of sp³-hybridized carbons (Fsp3) is 0.417. The number of alkyl carbamates (subject to hydrolysis) is 1. The van der Waals surface area contributed by atoms with Crippen LogP contribution in [0.4, 0.5) is 4.79 Å². The molecule has 5 heteroatoms. The number of allylic oxidation sites excluding steroid dienone is 3. The molecule has 0 saturated carbocycles. The van der Waals surface area contributed by atoms with Crippen LogP contribution in [0.15, 0.2) is 35.8 Å². The van der Waals surface area contributed by atoms with Gasteiger partial charge in [0.05, 0.1) is 6.20 Å². The molecular weight excluding hydrogens is 218 g/mol. The second kappa shape index (κ2) is 5.05. The molecule has 0 aromatic carbocycles. The number of carbonyl (C=O) groups is 1. The quantitative estimate of drug-likeness (QED) is 0.629. The summed E-state index contributed by atoms with van der Waals surface area (Å²) >= 11 is 0. The third-order valence-electron chi connectivity index (χ3n) is 1.95. The molecular formula is C12H20N3O2+. The van der Waals surface area contributed by atoms with E-state index in [1.807, 2.05) is 32.9 Å². The maximum atomic E-state index is 11.6. The zero-order valence-electron chi connectivity index (χ0n) is 10.5. The fourth-order valence-electron chi connectivity index (χ4n) is 1.18. The summed E-state index contributed by atoms with van der Waals surface area (Å²) in [4.78, 5) is 11.6. The van der Waals surface area contributed by atoms with Gasteiger partial charge in [-0.1, -0.05) is 6.08 Å². The van der Waals surface area contributed by atoms with Gasteiger partial charge in [-0.2, -0.15) is 0 Å². The molecule has 1 amide bonds. The Hall–Kier alpha value is -1.75. The minimum Gasteiger partial charge on any atom is -0.444 e. The van der Waals surface area contributed by atoms with Crippen LogP contribution in [-0.4, -0.2) is 11.7 Å². The Morgan fingerprint density at radius 2 is 2.18 bits per heavy atom. The molecule has 0 unspecified atom stereocenters. The number of hydrogen-bond donors (Lipinski definition) is 3. The second-order valence-electron chi connectivity index (χ2n) is 4.84. The predicted octanol–water partition coefficient (Wildman–Crippen LogP) is 0.623. The average Bonchev–Trinajstić information content (AvgIpc) is 2.78. The topological polar surface area (TPSA) is 92.0 Å². The summed E-state index contributed by atoms with van der Waals surface area (Å²) in [6, 6.07) is 0. The minimum atomic E-state index is -0.514. The van der Waals surface area contributed by atoms with E-state index in [2.05, 4.69) is 11.1 Å². The summed E-state index contributed by atoms with van der Waals surface area (Å²) in [6.45, 7) is 5.44. The van der Waals surface area contributed by atoms with Crippen molar-refractivity contribution in [1.29, 1.82) is 0 Å². The van der Waals surface area contributed by atoms with E-state index in [4.69, 9.17) is 10.5 Å². The van der Waals surface area contributed by atoms with Gasteiger partial charge in [0.2, 0.25) is 0 Å². The summed E-state index contributed by atoms with van der Waals surface area (Å²) in [6.07, 6.45) is 6.56. The summed E-state index contributed by atoms with van der Waals surface area (Å²) in [5.41, 5.74) is 10.1. The lowest BCUT2D eigenvalue weighted by Crippen LogP contribution is -2.39. The highest BCUT2D eigenvalue weighted by Gasteiger charge is 2.21. The van der Waals surface area contributed by atoms with Gasteiger partial charge in [0.1, 0.15) is 5.60 Å². The smallest absolute Gasteiger partial charge is 0.412 e. The van der Waals surface area contributed by atoms with Crippen molar-refractivity contribution in [3.05, 3.63) is 35.8 Å². The molecule has 6 N–H and O–H groups in total. The molecule has 0 aromatic rings. The van der Waals surface area contributed by atoms with Crippen LogP contribution >= 0.6 is 0 Å². The standard InChI is InChI=1S/C12H19N3O2/c1-12(2,3)17-11(16)15-9(4-5-13)6-8-7-10(8)14/h4-8H,13-14H2,1-3H3,(H,15,16)/p+1/b5-4-,9-6+/t8-/m0/s1. The van der Waals surface area contributed by atoms with E-state index >= 15 is 0 Å². The van der Waals surface area contributed by atoms with E-state index in [0.717, 1.165) is 5.70 Å². The summed E-state index contributed by atoms with van der Waals surface area (Å²) in [5.74, 6) is 0.135. The van der Waals surface area contributed by atoms with E-state index in [1.165, 1.54) is 0 Å². The highest BCUT2D eigenvalue weighted by molar-refractivity contribution is 5.70.